The van der Waals surface area contributed by atoms with Crippen LogP contribution in [0.5, 0.6) is 11.5 Å². The van der Waals surface area contributed by atoms with Crippen molar-refractivity contribution in [3.8, 4) is 11.5 Å². The predicted octanol–water partition coefficient (Wildman–Crippen LogP) is 4.27. The number of carbonyl (C=O) groups excluding carboxylic acids is 1. The van der Waals surface area contributed by atoms with Crippen LogP contribution in [-0.4, -0.2) is 25.2 Å². The van der Waals surface area contributed by atoms with Crippen molar-refractivity contribution in [2.45, 2.75) is 47.1 Å². The average Bonchev–Trinajstić information content (AvgIpc) is 2.62. The summed E-state index contributed by atoms with van der Waals surface area (Å²) in [5.41, 5.74) is 4.68. The van der Waals surface area contributed by atoms with Crippen molar-refractivity contribution in [3.05, 3.63) is 58.7 Å². The van der Waals surface area contributed by atoms with E-state index >= 15 is 0 Å². The summed E-state index contributed by atoms with van der Waals surface area (Å²) in [6, 6.07) is 11.9. The van der Waals surface area contributed by atoms with Gasteiger partial charge in [0, 0.05) is 0 Å². The van der Waals surface area contributed by atoms with E-state index in [2.05, 4.69) is 25.2 Å². The van der Waals surface area contributed by atoms with Gasteiger partial charge < -0.3 is 14.8 Å². The fraction of sp³-hybridized carbons (Fsp3) is 0.409. The fourth-order valence-electron chi connectivity index (χ4n) is 2.60. The zero-order valence-corrected chi connectivity index (χ0v) is 16.4. The molecular weight excluding hydrogens is 326 g/mol. The summed E-state index contributed by atoms with van der Waals surface area (Å²) in [4.78, 5) is 12.4. The molecule has 0 fully saturated rings. The monoisotopic (exact) mass is 355 g/mol. The molecule has 0 saturated carbocycles. The smallest absolute Gasteiger partial charge is 0.261 e. The number of hydrogen-bond donors (Lipinski definition) is 1. The Balaban J connectivity index is 1.83. The number of nitrogens with one attached hydrogen (secondary N) is 1. The van der Waals surface area contributed by atoms with Gasteiger partial charge in [0.05, 0.1) is 6.54 Å². The van der Waals surface area contributed by atoms with Crippen molar-refractivity contribution in [1.82, 2.24) is 5.32 Å². The van der Waals surface area contributed by atoms with Gasteiger partial charge in [-0.2, -0.15) is 0 Å². The normalized spacial score (nSPS) is 11.7. The van der Waals surface area contributed by atoms with Gasteiger partial charge in [-0.3, -0.25) is 4.79 Å². The minimum Gasteiger partial charge on any atom is -0.491 e. The van der Waals surface area contributed by atoms with Crippen LogP contribution in [0, 0.1) is 27.7 Å². The van der Waals surface area contributed by atoms with Crippen LogP contribution >= 0.6 is 0 Å². The molecule has 0 bridgehead atoms. The standard InChI is InChI=1S/C22H29NO3/c1-6-20(26-19-11-10-15(2)17(4)14-19)22(24)23-12-13-25-21-9-7-8-16(3)18(21)5/h7-11,14,20H,6,12-13H2,1-5H3,(H,23,24). The van der Waals surface area contributed by atoms with Gasteiger partial charge >= 0.3 is 0 Å². The quantitative estimate of drug-likeness (QED) is 0.719. The van der Waals surface area contributed by atoms with Crippen molar-refractivity contribution in [3.63, 3.8) is 0 Å². The van der Waals surface area contributed by atoms with Crippen LogP contribution in [0.4, 0.5) is 0 Å². The molecule has 2 rings (SSSR count). The van der Waals surface area contributed by atoms with Crippen LogP contribution in [0.25, 0.3) is 0 Å². The molecule has 0 spiro atoms. The molecule has 0 radical (unpaired) electrons. The number of aryl methyl sites for hydroxylation is 3. The van der Waals surface area contributed by atoms with E-state index in [1.54, 1.807) is 0 Å². The lowest BCUT2D eigenvalue weighted by atomic mass is 10.1. The molecule has 0 heterocycles. The molecule has 1 amide bonds. The van der Waals surface area contributed by atoms with Gasteiger partial charge in [0.25, 0.3) is 5.91 Å². The molecule has 0 aliphatic heterocycles. The highest BCUT2D eigenvalue weighted by atomic mass is 16.5. The van der Waals surface area contributed by atoms with Crippen LogP contribution in [0.2, 0.25) is 0 Å². The summed E-state index contributed by atoms with van der Waals surface area (Å²) in [6.45, 7) is 11.0. The highest BCUT2D eigenvalue weighted by Crippen LogP contribution is 2.20. The highest BCUT2D eigenvalue weighted by molar-refractivity contribution is 5.81. The van der Waals surface area contributed by atoms with E-state index in [0.29, 0.717) is 19.6 Å². The van der Waals surface area contributed by atoms with Gasteiger partial charge in [0.15, 0.2) is 6.10 Å². The minimum absolute atomic E-state index is 0.115. The van der Waals surface area contributed by atoms with Gasteiger partial charge in [-0.25, -0.2) is 0 Å². The molecule has 140 valence electrons. The largest absolute Gasteiger partial charge is 0.491 e. The van der Waals surface area contributed by atoms with Crippen LogP contribution in [-0.2, 0) is 4.79 Å². The van der Waals surface area contributed by atoms with E-state index in [1.807, 2.05) is 51.1 Å². The Kier molecular flexibility index (Phi) is 7.07. The topological polar surface area (TPSA) is 47.6 Å². The predicted molar refractivity (Wildman–Crippen MR) is 105 cm³/mol. The molecule has 1 unspecified atom stereocenters. The Bertz CT molecular complexity index is 755. The van der Waals surface area contributed by atoms with Gasteiger partial charge in [0.1, 0.15) is 18.1 Å². The van der Waals surface area contributed by atoms with Gasteiger partial charge in [-0.15, -0.1) is 0 Å². The van der Waals surface area contributed by atoms with Gasteiger partial charge in [-0.05, 0) is 74.6 Å². The maximum atomic E-state index is 12.4. The molecule has 1 atom stereocenters. The molecule has 4 heteroatoms. The highest BCUT2D eigenvalue weighted by Gasteiger charge is 2.18. The lowest BCUT2D eigenvalue weighted by Gasteiger charge is -2.18. The molecular formula is C22H29NO3. The first kappa shape index (κ1) is 19.8. The van der Waals surface area contributed by atoms with E-state index in [9.17, 15) is 4.79 Å². The van der Waals surface area contributed by atoms with E-state index < -0.39 is 6.10 Å². The second-order valence-electron chi connectivity index (χ2n) is 6.60. The van der Waals surface area contributed by atoms with Gasteiger partial charge in [0.2, 0.25) is 0 Å². The summed E-state index contributed by atoms with van der Waals surface area (Å²) in [7, 11) is 0. The SMILES string of the molecule is CCC(Oc1ccc(C)c(C)c1)C(=O)NCCOc1cccc(C)c1C. The first-order valence-electron chi connectivity index (χ1n) is 9.13. The summed E-state index contributed by atoms with van der Waals surface area (Å²) < 4.78 is 11.6. The fourth-order valence-corrected chi connectivity index (χ4v) is 2.60. The maximum absolute atomic E-state index is 12.4. The zero-order chi connectivity index (χ0) is 19.1. The first-order chi connectivity index (χ1) is 12.4. The van der Waals surface area contributed by atoms with Crippen LogP contribution in [0.3, 0.4) is 0 Å². The van der Waals surface area contributed by atoms with Crippen molar-refractivity contribution < 1.29 is 14.3 Å². The molecule has 2 aromatic rings. The van der Waals surface area contributed by atoms with E-state index in [1.165, 1.54) is 11.1 Å². The van der Waals surface area contributed by atoms with Crippen molar-refractivity contribution in [2.24, 2.45) is 0 Å². The second-order valence-corrected chi connectivity index (χ2v) is 6.60. The zero-order valence-electron chi connectivity index (χ0n) is 16.4. The third-order valence-electron chi connectivity index (χ3n) is 4.63. The third-order valence-corrected chi connectivity index (χ3v) is 4.63. The van der Waals surface area contributed by atoms with Crippen molar-refractivity contribution in [1.29, 1.82) is 0 Å². The maximum Gasteiger partial charge on any atom is 0.261 e. The number of carbonyl (C=O) groups is 1. The Morgan fingerprint density at radius 1 is 1.04 bits per heavy atom. The molecule has 0 aromatic heterocycles. The Morgan fingerprint density at radius 2 is 1.81 bits per heavy atom. The second kappa shape index (κ2) is 9.27. The van der Waals surface area contributed by atoms with Crippen molar-refractivity contribution >= 4 is 5.91 Å². The summed E-state index contributed by atoms with van der Waals surface area (Å²) in [6.07, 6.45) is 0.106. The minimum atomic E-state index is -0.502. The molecule has 1 N–H and O–H groups in total. The van der Waals surface area contributed by atoms with Crippen LogP contribution in [0.1, 0.15) is 35.6 Å². The lowest BCUT2D eigenvalue weighted by Crippen LogP contribution is -2.39. The molecule has 0 aliphatic rings. The first-order valence-corrected chi connectivity index (χ1v) is 9.13. The van der Waals surface area contributed by atoms with Crippen molar-refractivity contribution in [2.75, 3.05) is 13.2 Å². The molecule has 2 aromatic carbocycles. The van der Waals surface area contributed by atoms with E-state index in [-0.39, 0.29) is 5.91 Å². The Labute approximate surface area is 156 Å². The molecule has 26 heavy (non-hydrogen) atoms. The molecule has 4 nitrogen and oxygen atoms in total. The number of ether oxygens (including phenoxy) is 2. The average molecular weight is 355 g/mol. The number of hydrogen-bond acceptors (Lipinski definition) is 3. The molecule has 0 aliphatic carbocycles. The van der Waals surface area contributed by atoms with Crippen LogP contribution in [0.15, 0.2) is 36.4 Å². The third kappa shape index (κ3) is 5.25. The summed E-state index contributed by atoms with van der Waals surface area (Å²) in [5.74, 6) is 1.47. The Hall–Kier alpha value is -2.49. The lowest BCUT2D eigenvalue weighted by molar-refractivity contribution is -0.128. The summed E-state index contributed by atoms with van der Waals surface area (Å²) >= 11 is 0. The van der Waals surface area contributed by atoms with E-state index in [0.717, 1.165) is 22.6 Å². The molecule has 0 saturated heterocycles. The van der Waals surface area contributed by atoms with Gasteiger partial charge in [-0.1, -0.05) is 25.1 Å². The number of benzene rings is 2. The Morgan fingerprint density at radius 3 is 2.50 bits per heavy atom. The number of rotatable bonds is 8. The van der Waals surface area contributed by atoms with Crippen LogP contribution < -0.4 is 14.8 Å². The number of amides is 1. The summed E-state index contributed by atoms with van der Waals surface area (Å²) in [5, 5.41) is 2.90. The van der Waals surface area contributed by atoms with E-state index in [4.69, 9.17) is 9.47 Å².